The lowest BCUT2D eigenvalue weighted by atomic mass is 9.95. The van der Waals surface area contributed by atoms with Gasteiger partial charge in [0.2, 0.25) is 0 Å². The Balaban J connectivity index is 1.45. The normalized spacial score (nSPS) is 31.4. The highest BCUT2D eigenvalue weighted by Crippen LogP contribution is 2.43. The van der Waals surface area contributed by atoms with Gasteiger partial charge >= 0.3 is 0 Å². The molecule has 0 aromatic carbocycles. The quantitative estimate of drug-likeness (QED) is 0.467. The van der Waals surface area contributed by atoms with E-state index in [9.17, 15) is 0 Å². The van der Waals surface area contributed by atoms with Crippen molar-refractivity contribution in [1.29, 1.82) is 0 Å². The second kappa shape index (κ2) is 6.38. The lowest BCUT2D eigenvalue weighted by Gasteiger charge is -2.17. The van der Waals surface area contributed by atoms with Crippen LogP contribution in [0.15, 0.2) is 12.2 Å². The summed E-state index contributed by atoms with van der Waals surface area (Å²) in [6.07, 6.45) is 7.43. The van der Waals surface area contributed by atoms with E-state index in [1.54, 1.807) is 7.11 Å². The summed E-state index contributed by atoms with van der Waals surface area (Å²) in [4.78, 5) is 0. The molecule has 1 saturated carbocycles. The lowest BCUT2D eigenvalue weighted by Crippen LogP contribution is -2.17. The molecule has 0 N–H and O–H groups in total. The van der Waals surface area contributed by atoms with Crippen molar-refractivity contribution >= 4 is 0 Å². The van der Waals surface area contributed by atoms with Gasteiger partial charge < -0.3 is 14.2 Å². The Morgan fingerprint density at radius 3 is 2.50 bits per heavy atom. The minimum atomic E-state index is 0.663. The molecule has 0 saturated heterocycles. The molecule has 2 aliphatic rings. The molecule has 1 fully saturated rings. The SMILES string of the molecule is COCCOCCOCC1CC2C=C[C@@H]1C2. The highest BCUT2D eigenvalue weighted by molar-refractivity contribution is 5.09. The van der Waals surface area contributed by atoms with Crippen LogP contribution < -0.4 is 0 Å². The number of methoxy groups -OCH3 is 1. The van der Waals surface area contributed by atoms with Crippen LogP contribution in [0.5, 0.6) is 0 Å². The van der Waals surface area contributed by atoms with Gasteiger partial charge in [-0.05, 0) is 30.6 Å². The van der Waals surface area contributed by atoms with E-state index in [4.69, 9.17) is 14.2 Å². The van der Waals surface area contributed by atoms with Crippen LogP contribution in [0.4, 0.5) is 0 Å². The first-order valence-electron chi connectivity index (χ1n) is 6.23. The Bertz CT molecular complexity index is 227. The fourth-order valence-electron chi connectivity index (χ4n) is 2.68. The second-order valence-electron chi connectivity index (χ2n) is 4.72. The monoisotopic (exact) mass is 226 g/mol. The van der Waals surface area contributed by atoms with Crippen LogP contribution in [-0.2, 0) is 14.2 Å². The molecule has 0 amide bonds. The van der Waals surface area contributed by atoms with Crippen molar-refractivity contribution in [2.24, 2.45) is 17.8 Å². The molecular weight excluding hydrogens is 204 g/mol. The Labute approximate surface area is 97.8 Å². The maximum atomic E-state index is 5.65. The van der Waals surface area contributed by atoms with Crippen LogP contribution in [0, 0.1) is 17.8 Å². The van der Waals surface area contributed by atoms with Crippen LogP contribution >= 0.6 is 0 Å². The zero-order chi connectivity index (χ0) is 11.2. The molecule has 0 aromatic rings. The maximum Gasteiger partial charge on any atom is 0.0701 e. The first-order valence-corrected chi connectivity index (χ1v) is 6.23. The van der Waals surface area contributed by atoms with Crippen molar-refractivity contribution in [3.05, 3.63) is 12.2 Å². The third-order valence-corrected chi connectivity index (χ3v) is 3.55. The van der Waals surface area contributed by atoms with Gasteiger partial charge in [0.15, 0.2) is 0 Å². The summed E-state index contributed by atoms with van der Waals surface area (Å²) < 4.78 is 15.9. The molecular formula is C13H22O3. The summed E-state index contributed by atoms with van der Waals surface area (Å²) in [5.74, 6) is 2.39. The highest BCUT2D eigenvalue weighted by atomic mass is 16.5. The lowest BCUT2D eigenvalue weighted by molar-refractivity contribution is 0.0131. The van der Waals surface area contributed by atoms with Gasteiger partial charge in [0, 0.05) is 7.11 Å². The molecule has 16 heavy (non-hydrogen) atoms. The van der Waals surface area contributed by atoms with Crippen molar-refractivity contribution in [3.8, 4) is 0 Å². The molecule has 2 rings (SSSR count). The van der Waals surface area contributed by atoms with Gasteiger partial charge in [-0.2, -0.15) is 0 Å². The minimum Gasteiger partial charge on any atom is -0.382 e. The van der Waals surface area contributed by atoms with Gasteiger partial charge in [-0.15, -0.1) is 0 Å². The number of allylic oxidation sites excluding steroid dienone is 2. The summed E-state index contributed by atoms with van der Waals surface area (Å²) in [7, 11) is 1.68. The largest absolute Gasteiger partial charge is 0.382 e. The number of ether oxygens (including phenoxy) is 3. The predicted molar refractivity (Wildman–Crippen MR) is 62.4 cm³/mol. The molecule has 2 unspecified atom stereocenters. The molecule has 3 nitrogen and oxygen atoms in total. The van der Waals surface area contributed by atoms with E-state index in [1.807, 2.05) is 0 Å². The molecule has 3 atom stereocenters. The van der Waals surface area contributed by atoms with Crippen LogP contribution in [0.2, 0.25) is 0 Å². The number of rotatable bonds is 8. The minimum absolute atomic E-state index is 0.663. The average molecular weight is 226 g/mol. The molecule has 0 radical (unpaired) electrons. The fourth-order valence-corrected chi connectivity index (χ4v) is 2.68. The van der Waals surface area contributed by atoms with Gasteiger partial charge in [-0.3, -0.25) is 0 Å². The molecule has 92 valence electrons. The van der Waals surface area contributed by atoms with E-state index in [1.165, 1.54) is 12.8 Å². The zero-order valence-corrected chi connectivity index (χ0v) is 10.1. The molecule has 0 aromatic heterocycles. The molecule has 0 aliphatic heterocycles. The number of fused-ring (bicyclic) bond motifs is 2. The first-order chi connectivity index (χ1) is 7.90. The molecule has 2 bridgehead atoms. The van der Waals surface area contributed by atoms with E-state index in [0.29, 0.717) is 26.4 Å². The predicted octanol–water partition coefficient (Wildman–Crippen LogP) is 1.88. The Morgan fingerprint density at radius 2 is 1.81 bits per heavy atom. The first kappa shape index (κ1) is 12.1. The summed E-state index contributed by atoms with van der Waals surface area (Å²) in [6, 6.07) is 0. The van der Waals surface area contributed by atoms with E-state index >= 15 is 0 Å². The molecule has 0 spiro atoms. The van der Waals surface area contributed by atoms with Crippen LogP contribution in [0.25, 0.3) is 0 Å². The second-order valence-corrected chi connectivity index (χ2v) is 4.72. The molecule has 2 aliphatic carbocycles. The Morgan fingerprint density at radius 1 is 1.00 bits per heavy atom. The van der Waals surface area contributed by atoms with Gasteiger partial charge in [-0.1, -0.05) is 12.2 Å². The van der Waals surface area contributed by atoms with Crippen molar-refractivity contribution in [1.82, 2.24) is 0 Å². The summed E-state index contributed by atoms with van der Waals surface area (Å²) in [5.41, 5.74) is 0. The molecule has 0 heterocycles. The molecule has 3 heteroatoms. The van der Waals surface area contributed by atoms with E-state index in [2.05, 4.69) is 12.2 Å². The van der Waals surface area contributed by atoms with Crippen LogP contribution in [0.3, 0.4) is 0 Å². The zero-order valence-electron chi connectivity index (χ0n) is 10.1. The van der Waals surface area contributed by atoms with Gasteiger partial charge in [0.05, 0.1) is 33.0 Å². The average Bonchev–Trinajstić information content (AvgIpc) is 2.90. The topological polar surface area (TPSA) is 27.7 Å². The fraction of sp³-hybridized carbons (Fsp3) is 0.846. The Kier molecular flexibility index (Phi) is 4.82. The van der Waals surface area contributed by atoms with Crippen molar-refractivity contribution in [2.75, 3.05) is 40.1 Å². The highest BCUT2D eigenvalue weighted by Gasteiger charge is 2.35. The standard InChI is InChI=1S/C13H22O3/c1-14-4-5-15-6-7-16-10-13-9-11-2-3-12(13)8-11/h2-3,11-13H,4-10H2,1H3/t11?,12-,13?/m1/s1. The number of hydrogen-bond acceptors (Lipinski definition) is 3. The third kappa shape index (κ3) is 3.30. The van der Waals surface area contributed by atoms with Crippen LogP contribution in [-0.4, -0.2) is 40.1 Å². The number of hydrogen-bond donors (Lipinski definition) is 0. The van der Waals surface area contributed by atoms with Crippen LogP contribution in [0.1, 0.15) is 12.8 Å². The smallest absolute Gasteiger partial charge is 0.0701 e. The summed E-state index contributed by atoms with van der Waals surface area (Å²) in [6.45, 7) is 3.62. The van der Waals surface area contributed by atoms with Crippen molar-refractivity contribution in [2.45, 2.75) is 12.8 Å². The van der Waals surface area contributed by atoms with E-state index < -0.39 is 0 Å². The summed E-state index contributed by atoms with van der Waals surface area (Å²) >= 11 is 0. The summed E-state index contributed by atoms with van der Waals surface area (Å²) in [5, 5.41) is 0. The van der Waals surface area contributed by atoms with Gasteiger partial charge in [0.1, 0.15) is 0 Å². The van der Waals surface area contributed by atoms with E-state index in [0.717, 1.165) is 24.4 Å². The van der Waals surface area contributed by atoms with Crippen molar-refractivity contribution < 1.29 is 14.2 Å². The Hall–Kier alpha value is -0.380. The third-order valence-electron chi connectivity index (χ3n) is 3.55. The van der Waals surface area contributed by atoms with E-state index in [-0.39, 0.29) is 0 Å². The van der Waals surface area contributed by atoms with Gasteiger partial charge in [0.25, 0.3) is 0 Å². The van der Waals surface area contributed by atoms with Crippen molar-refractivity contribution in [3.63, 3.8) is 0 Å². The van der Waals surface area contributed by atoms with Gasteiger partial charge in [-0.25, -0.2) is 0 Å². The maximum absolute atomic E-state index is 5.65.